The number of carbonyl (C=O) groups excluding carboxylic acids is 5. The van der Waals surface area contributed by atoms with Gasteiger partial charge in [-0.15, -0.1) is 0 Å². The predicted molar refractivity (Wildman–Crippen MR) is 132 cm³/mol. The maximum Gasteiger partial charge on any atom is 0.322 e. The molecule has 5 atom stereocenters. The van der Waals surface area contributed by atoms with E-state index in [2.05, 4.69) is 21.3 Å². The summed E-state index contributed by atoms with van der Waals surface area (Å²) in [5, 5.41) is 28.2. The number of nitrogens with zero attached hydrogens (tertiary/aromatic N) is 1. The fourth-order valence-electron chi connectivity index (χ4n) is 3.74. The van der Waals surface area contributed by atoms with Gasteiger partial charge in [0, 0.05) is 6.54 Å². The van der Waals surface area contributed by atoms with E-state index in [0.717, 1.165) is 0 Å². The first-order valence-electron chi connectivity index (χ1n) is 12.3. The second kappa shape index (κ2) is 14.5. The van der Waals surface area contributed by atoms with Crippen molar-refractivity contribution in [3.05, 3.63) is 0 Å². The highest BCUT2D eigenvalue weighted by molar-refractivity contribution is 5.95. The van der Waals surface area contributed by atoms with E-state index in [1.54, 1.807) is 27.7 Å². The fraction of sp³-hybridized carbons (Fsp3) is 0.739. The Morgan fingerprint density at radius 3 is 1.97 bits per heavy atom. The van der Waals surface area contributed by atoms with Crippen LogP contribution in [-0.4, -0.2) is 101 Å². The van der Waals surface area contributed by atoms with Crippen LogP contribution in [0.5, 0.6) is 0 Å². The van der Waals surface area contributed by atoms with Gasteiger partial charge in [0.1, 0.15) is 24.7 Å². The number of rotatable bonds is 13. The van der Waals surface area contributed by atoms with Crippen LogP contribution in [0.15, 0.2) is 0 Å². The molecule has 14 nitrogen and oxygen atoms in total. The Hall–Kier alpha value is -3.26. The minimum atomic E-state index is -1.41. The molecule has 5 amide bonds. The smallest absolute Gasteiger partial charge is 0.322 e. The second-order valence-corrected chi connectivity index (χ2v) is 9.80. The van der Waals surface area contributed by atoms with Crippen molar-refractivity contribution in [2.75, 3.05) is 19.6 Å². The summed E-state index contributed by atoms with van der Waals surface area (Å²) in [6, 6.07) is -4.06. The molecule has 1 heterocycles. The Morgan fingerprint density at radius 1 is 0.892 bits per heavy atom. The van der Waals surface area contributed by atoms with Crippen LogP contribution < -0.4 is 27.0 Å². The van der Waals surface area contributed by atoms with E-state index in [1.807, 2.05) is 0 Å². The van der Waals surface area contributed by atoms with Crippen molar-refractivity contribution in [2.24, 2.45) is 17.6 Å². The van der Waals surface area contributed by atoms with Gasteiger partial charge in [0.15, 0.2) is 0 Å². The highest BCUT2D eigenvalue weighted by Crippen LogP contribution is 2.20. The predicted octanol–water partition coefficient (Wildman–Crippen LogP) is -2.72. The molecule has 1 aliphatic heterocycles. The summed E-state index contributed by atoms with van der Waals surface area (Å²) in [6.07, 6.45) is -0.364. The molecule has 210 valence electrons. The van der Waals surface area contributed by atoms with Gasteiger partial charge in [-0.25, -0.2) is 0 Å². The van der Waals surface area contributed by atoms with Crippen molar-refractivity contribution in [2.45, 2.75) is 77.7 Å². The van der Waals surface area contributed by atoms with Gasteiger partial charge in [-0.3, -0.25) is 28.8 Å². The minimum Gasteiger partial charge on any atom is -0.480 e. The van der Waals surface area contributed by atoms with Crippen LogP contribution in [0.2, 0.25) is 0 Å². The number of carbonyl (C=O) groups is 6. The zero-order valence-electron chi connectivity index (χ0n) is 21.9. The van der Waals surface area contributed by atoms with Crippen LogP contribution in [-0.2, 0) is 28.8 Å². The van der Waals surface area contributed by atoms with E-state index < -0.39 is 73.0 Å². The lowest BCUT2D eigenvalue weighted by Crippen LogP contribution is -2.59. The quantitative estimate of drug-likeness (QED) is 0.132. The first-order valence-corrected chi connectivity index (χ1v) is 12.3. The maximum atomic E-state index is 12.9. The lowest BCUT2D eigenvalue weighted by atomic mass is 10.0. The molecule has 0 aliphatic carbocycles. The van der Waals surface area contributed by atoms with Crippen LogP contribution in [0.3, 0.4) is 0 Å². The topological polar surface area (TPSA) is 220 Å². The number of carboxylic acid groups (broad SMARTS) is 1. The Labute approximate surface area is 216 Å². The minimum absolute atomic E-state index is 0.127. The highest BCUT2D eigenvalue weighted by atomic mass is 16.4. The van der Waals surface area contributed by atoms with Gasteiger partial charge in [0.25, 0.3) is 0 Å². The molecule has 0 saturated carbocycles. The monoisotopic (exact) mass is 528 g/mol. The molecular formula is C23H40N6O8. The van der Waals surface area contributed by atoms with E-state index in [-0.39, 0.29) is 17.7 Å². The SMILES string of the molecule is CC(C)[C@H](N)C(=O)N1CCC[C@H]1C(=O)N[C@H](C(=O)NCC(=O)N[C@H](C(=O)NCC(=O)O)C(C)C)[C@@H](C)O. The first kappa shape index (κ1) is 31.8. The molecule has 1 saturated heterocycles. The van der Waals surface area contributed by atoms with Gasteiger partial charge in [0.05, 0.1) is 18.7 Å². The Morgan fingerprint density at radius 2 is 1.46 bits per heavy atom. The molecule has 14 heteroatoms. The third-order valence-corrected chi connectivity index (χ3v) is 6.01. The van der Waals surface area contributed by atoms with E-state index in [9.17, 15) is 33.9 Å². The molecule has 0 unspecified atom stereocenters. The molecule has 37 heavy (non-hydrogen) atoms. The summed E-state index contributed by atoms with van der Waals surface area (Å²) in [6.45, 7) is 7.34. The number of nitrogens with one attached hydrogen (secondary N) is 4. The second-order valence-electron chi connectivity index (χ2n) is 9.80. The van der Waals surface area contributed by atoms with Crippen molar-refractivity contribution in [1.82, 2.24) is 26.2 Å². The summed E-state index contributed by atoms with van der Waals surface area (Å²) in [5.41, 5.74) is 5.95. The molecule has 0 bridgehead atoms. The molecular weight excluding hydrogens is 488 g/mol. The lowest BCUT2D eigenvalue weighted by Gasteiger charge is -2.30. The fourth-order valence-corrected chi connectivity index (χ4v) is 3.74. The number of aliphatic hydroxyl groups is 1. The van der Waals surface area contributed by atoms with Crippen LogP contribution in [0, 0.1) is 11.8 Å². The largest absolute Gasteiger partial charge is 0.480 e. The summed E-state index contributed by atoms with van der Waals surface area (Å²) in [7, 11) is 0. The zero-order valence-corrected chi connectivity index (χ0v) is 21.9. The molecule has 0 aromatic carbocycles. The van der Waals surface area contributed by atoms with E-state index in [1.165, 1.54) is 11.8 Å². The molecule has 1 aliphatic rings. The number of hydrogen-bond acceptors (Lipinski definition) is 8. The normalized spacial score (nSPS) is 18.5. The van der Waals surface area contributed by atoms with Gasteiger partial charge >= 0.3 is 5.97 Å². The first-order chi connectivity index (χ1) is 17.2. The number of amides is 5. The van der Waals surface area contributed by atoms with E-state index in [0.29, 0.717) is 19.4 Å². The van der Waals surface area contributed by atoms with Crippen molar-refractivity contribution in [1.29, 1.82) is 0 Å². The Bertz CT molecular complexity index is 862. The van der Waals surface area contributed by atoms with Crippen LogP contribution >= 0.6 is 0 Å². The maximum absolute atomic E-state index is 12.9. The summed E-state index contributed by atoms with van der Waals surface area (Å²) < 4.78 is 0. The average molecular weight is 529 g/mol. The molecule has 8 N–H and O–H groups in total. The molecule has 1 fully saturated rings. The van der Waals surface area contributed by atoms with Crippen LogP contribution in [0.1, 0.15) is 47.5 Å². The van der Waals surface area contributed by atoms with Crippen molar-refractivity contribution in [3.8, 4) is 0 Å². The van der Waals surface area contributed by atoms with Crippen molar-refractivity contribution < 1.29 is 39.0 Å². The van der Waals surface area contributed by atoms with Crippen LogP contribution in [0.25, 0.3) is 0 Å². The van der Waals surface area contributed by atoms with Gasteiger partial charge in [0.2, 0.25) is 29.5 Å². The Kier molecular flexibility index (Phi) is 12.4. The summed E-state index contributed by atoms with van der Waals surface area (Å²) in [5.74, 6) is -5.01. The molecule has 0 aromatic rings. The van der Waals surface area contributed by atoms with Crippen molar-refractivity contribution in [3.63, 3.8) is 0 Å². The number of aliphatic hydroxyl groups excluding tert-OH is 1. The van der Waals surface area contributed by atoms with Gasteiger partial charge < -0.3 is 42.1 Å². The molecule has 1 rings (SSSR count). The third kappa shape index (κ3) is 9.61. The van der Waals surface area contributed by atoms with Gasteiger partial charge in [-0.05, 0) is 31.6 Å². The molecule has 0 spiro atoms. The zero-order chi connectivity index (χ0) is 28.4. The Balaban J connectivity index is 2.75. The van der Waals surface area contributed by atoms with E-state index in [4.69, 9.17) is 10.8 Å². The number of carboxylic acids is 1. The standard InChI is InChI=1S/C23H40N6O8/c1-11(2)17(24)23(37)29-8-6-7-14(29)20(34)28-19(13(5)30)22(36)25-9-15(31)27-18(12(3)4)21(35)26-10-16(32)33/h11-14,17-19,30H,6-10,24H2,1-5H3,(H,25,36)(H,26,35)(H,27,31)(H,28,34)(H,32,33)/t13-,14+,17+,18+,19+/m1/s1. The lowest BCUT2D eigenvalue weighted by molar-refractivity contribution is -0.141. The number of likely N-dealkylation sites (tertiary alicyclic amines) is 1. The number of hydrogen-bond donors (Lipinski definition) is 7. The van der Waals surface area contributed by atoms with Gasteiger partial charge in [-0.2, -0.15) is 0 Å². The van der Waals surface area contributed by atoms with E-state index >= 15 is 0 Å². The molecule has 0 aromatic heterocycles. The highest BCUT2D eigenvalue weighted by Gasteiger charge is 2.39. The summed E-state index contributed by atoms with van der Waals surface area (Å²) in [4.78, 5) is 74.8. The number of aliphatic carboxylic acids is 1. The van der Waals surface area contributed by atoms with Gasteiger partial charge in [-0.1, -0.05) is 27.7 Å². The summed E-state index contributed by atoms with van der Waals surface area (Å²) >= 11 is 0. The average Bonchev–Trinajstić information content (AvgIpc) is 3.31. The van der Waals surface area contributed by atoms with Crippen LogP contribution in [0.4, 0.5) is 0 Å². The molecule has 0 radical (unpaired) electrons. The third-order valence-electron chi connectivity index (χ3n) is 6.01. The van der Waals surface area contributed by atoms with Crippen molar-refractivity contribution >= 4 is 35.5 Å². The number of nitrogens with two attached hydrogens (primary N) is 1.